The number of imidazole rings is 1. The van der Waals surface area contributed by atoms with Crippen molar-refractivity contribution in [3.8, 4) is 40.7 Å². The van der Waals surface area contributed by atoms with Crippen molar-refractivity contribution in [1.29, 1.82) is 0 Å². The fourth-order valence-corrected chi connectivity index (χ4v) is 4.28. The number of H-pyrrole nitrogens is 1. The van der Waals surface area contributed by atoms with E-state index in [1.165, 1.54) is 0 Å². The molecule has 0 fully saturated rings. The van der Waals surface area contributed by atoms with Gasteiger partial charge in [0.1, 0.15) is 17.2 Å². The summed E-state index contributed by atoms with van der Waals surface area (Å²) < 4.78 is 7.91. The van der Waals surface area contributed by atoms with E-state index in [-0.39, 0.29) is 0 Å². The summed E-state index contributed by atoms with van der Waals surface area (Å²) in [7, 11) is 0. The Morgan fingerprint density at radius 2 is 1.92 bits per heavy atom. The van der Waals surface area contributed by atoms with Crippen LogP contribution in [0.1, 0.15) is 25.1 Å². The molecule has 2 aromatic heterocycles. The average Bonchev–Trinajstić information content (AvgIpc) is 3.00. The highest BCUT2D eigenvalue weighted by Gasteiger charge is 2.36. The number of benzene rings is 1. The average molecular weight is 459 g/mol. The molecule has 124 valence electrons. The highest BCUT2D eigenvalue weighted by atomic mass is 79.9. The van der Waals surface area contributed by atoms with Crippen LogP contribution < -0.4 is 4.74 Å². The molecular weight excluding hydrogens is 446 g/mol. The van der Waals surface area contributed by atoms with Gasteiger partial charge in [-0.2, -0.15) is 0 Å². The molecule has 0 aliphatic carbocycles. The van der Waals surface area contributed by atoms with Crippen LogP contribution in [0.4, 0.5) is 0 Å². The summed E-state index contributed by atoms with van der Waals surface area (Å²) in [6.07, 6.45) is 9.01. The van der Waals surface area contributed by atoms with Crippen LogP contribution in [-0.4, -0.2) is 15.0 Å². The van der Waals surface area contributed by atoms with E-state index in [2.05, 4.69) is 47.7 Å². The van der Waals surface area contributed by atoms with Crippen LogP contribution in [0, 0.1) is 12.3 Å². The molecule has 0 saturated heterocycles. The highest BCUT2D eigenvalue weighted by molar-refractivity contribution is 9.11. The number of aromatic amines is 1. The lowest BCUT2D eigenvalue weighted by Gasteiger charge is -2.31. The number of aromatic nitrogens is 3. The highest BCUT2D eigenvalue weighted by Crippen LogP contribution is 2.46. The molecule has 25 heavy (non-hydrogen) atoms. The summed E-state index contributed by atoms with van der Waals surface area (Å²) in [4.78, 5) is 12.4. The summed E-state index contributed by atoms with van der Waals surface area (Å²) in [5, 5.41) is 0. The first-order chi connectivity index (χ1) is 11.9. The first kappa shape index (κ1) is 16.4. The summed E-state index contributed by atoms with van der Waals surface area (Å²) in [6, 6.07) is 5.74. The molecule has 0 radical (unpaired) electrons. The van der Waals surface area contributed by atoms with E-state index in [0.29, 0.717) is 0 Å². The largest absolute Gasteiger partial charge is 0.481 e. The van der Waals surface area contributed by atoms with Crippen molar-refractivity contribution >= 4 is 31.9 Å². The van der Waals surface area contributed by atoms with Gasteiger partial charge in [0, 0.05) is 38.0 Å². The van der Waals surface area contributed by atoms with E-state index in [9.17, 15) is 0 Å². The van der Waals surface area contributed by atoms with Gasteiger partial charge < -0.3 is 9.72 Å². The number of nitrogens with zero attached hydrogens (tertiary/aromatic N) is 2. The third kappa shape index (κ3) is 2.59. The van der Waals surface area contributed by atoms with Gasteiger partial charge in [-0.1, -0.05) is 5.92 Å². The van der Waals surface area contributed by atoms with Gasteiger partial charge in [0.25, 0.3) is 0 Å². The Labute approximate surface area is 162 Å². The molecule has 0 atom stereocenters. The lowest BCUT2D eigenvalue weighted by atomic mass is 9.94. The van der Waals surface area contributed by atoms with E-state index >= 15 is 0 Å². The van der Waals surface area contributed by atoms with Crippen molar-refractivity contribution in [2.24, 2.45) is 0 Å². The van der Waals surface area contributed by atoms with Crippen molar-refractivity contribution in [1.82, 2.24) is 15.0 Å². The topological polar surface area (TPSA) is 50.8 Å². The molecule has 1 N–H and O–H groups in total. The second kappa shape index (κ2) is 5.72. The molecule has 1 aromatic carbocycles. The van der Waals surface area contributed by atoms with E-state index in [0.717, 1.165) is 48.6 Å². The fourth-order valence-electron chi connectivity index (χ4n) is 2.98. The molecule has 0 amide bonds. The van der Waals surface area contributed by atoms with Crippen molar-refractivity contribution in [3.63, 3.8) is 0 Å². The SMILES string of the molecule is C#Cc1ccc2c(c1)OC(C)(C)c1[nH]c(-c3c(Br)cncc3Br)nc1-2. The van der Waals surface area contributed by atoms with Crippen LogP contribution in [0.25, 0.3) is 22.6 Å². The minimum Gasteiger partial charge on any atom is -0.481 e. The molecule has 0 bridgehead atoms. The Morgan fingerprint density at radius 1 is 1.20 bits per heavy atom. The van der Waals surface area contributed by atoms with Crippen molar-refractivity contribution in [2.45, 2.75) is 19.4 Å². The predicted octanol–water partition coefficient (Wildman–Crippen LogP) is 5.27. The molecule has 6 heteroatoms. The van der Waals surface area contributed by atoms with Gasteiger partial charge in [-0.25, -0.2) is 4.98 Å². The molecule has 0 saturated carbocycles. The maximum atomic E-state index is 6.20. The number of ether oxygens (including phenoxy) is 1. The van der Waals surface area contributed by atoms with E-state index in [4.69, 9.17) is 16.1 Å². The third-order valence-corrected chi connectivity index (χ3v) is 5.37. The van der Waals surface area contributed by atoms with Crippen LogP contribution in [0.2, 0.25) is 0 Å². The predicted molar refractivity (Wildman–Crippen MR) is 104 cm³/mol. The van der Waals surface area contributed by atoms with Crippen LogP contribution in [0.15, 0.2) is 39.5 Å². The number of rotatable bonds is 1. The molecule has 1 aliphatic rings. The third-order valence-electron chi connectivity index (χ3n) is 4.16. The summed E-state index contributed by atoms with van der Waals surface area (Å²) >= 11 is 7.10. The van der Waals surface area contributed by atoms with Gasteiger partial charge >= 0.3 is 0 Å². The van der Waals surface area contributed by atoms with E-state index in [1.807, 2.05) is 32.0 Å². The van der Waals surface area contributed by atoms with Crippen molar-refractivity contribution < 1.29 is 4.74 Å². The molecule has 3 heterocycles. The normalized spacial score (nSPS) is 14.2. The first-order valence-corrected chi connectivity index (χ1v) is 9.19. The maximum absolute atomic E-state index is 6.20. The van der Waals surface area contributed by atoms with Crippen molar-refractivity contribution in [2.75, 3.05) is 0 Å². The molecule has 0 spiro atoms. The van der Waals surface area contributed by atoms with E-state index < -0.39 is 5.60 Å². The van der Waals surface area contributed by atoms with Crippen LogP contribution in [-0.2, 0) is 5.60 Å². The fraction of sp³-hybridized carbons (Fsp3) is 0.158. The van der Waals surface area contributed by atoms with Gasteiger partial charge in [0.15, 0.2) is 0 Å². The Morgan fingerprint density at radius 3 is 2.60 bits per heavy atom. The molecule has 4 nitrogen and oxygen atoms in total. The van der Waals surface area contributed by atoms with Crippen LogP contribution in [0.5, 0.6) is 5.75 Å². The maximum Gasteiger partial charge on any atom is 0.145 e. The zero-order chi connectivity index (χ0) is 17.8. The lowest BCUT2D eigenvalue weighted by Crippen LogP contribution is -2.29. The monoisotopic (exact) mass is 457 g/mol. The zero-order valence-electron chi connectivity index (χ0n) is 13.5. The number of hydrogen-bond acceptors (Lipinski definition) is 3. The summed E-state index contributed by atoms with van der Waals surface area (Å²) in [5.41, 5.74) is 3.89. The zero-order valence-corrected chi connectivity index (χ0v) is 16.7. The molecule has 3 aromatic rings. The molecular formula is C19H13Br2N3O. The van der Waals surface area contributed by atoms with Gasteiger partial charge in [-0.05, 0) is 63.9 Å². The standard InChI is InChI=1S/C19H13Br2N3O/c1-4-10-5-6-11-14(7-10)25-19(2,3)17-16(11)23-18(24-17)15-12(20)8-22-9-13(15)21/h1,5-9H,2-3H3,(H,23,24). The number of fused-ring (bicyclic) bond motifs is 3. The number of hydrogen-bond donors (Lipinski definition) is 1. The number of pyridine rings is 1. The summed E-state index contributed by atoms with van der Waals surface area (Å²) in [6.45, 7) is 4.02. The van der Waals surface area contributed by atoms with Crippen LogP contribution in [0.3, 0.4) is 0 Å². The Balaban J connectivity index is 1.96. The Hall–Kier alpha value is -2.10. The minimum atomic E-state index is -0.549. The first-order valence-electron chi connectivity index (χ1n) is 7.60. The molecule has 1 aliphatic heterocycles. The molecule has 0 unspecified atom stereocenters. The van der Waals surface area contributed by atoms with Crippen molar-refractivity contribution in [3.05, 3.63) is 50.8 Å². The number of terminal acetylenes is 1. The number of nitrogens with one attached hydrogen (secondary N) is 1. The van der Waals surface area contributed by atoms with Gasteiger partial charge in [-0.15, -0.1) is 6.42 Å². The van der Waals surface area contributed by atoms with Gasteiger partial charge in [-0.3, -0.25) is 4.98 Å². The van der Waals surface area contributed by atoms with Crippen LogP contribution >= 0.6 is 31.9 Å². The lowest BCUT2D eigenvalue weighted by molar-refractivity contribution is 0.101. The second-order valence-corrected chi connectivity index (χ2v) is 7.96. The summed E-state index contributed by atoms with van der Waals surface area (Å²) in [5.74, 6) is 4.14. The molecule has 4 rings (SSSR count). The van der Waals surface area contributed by atoms with Gasteiger partial charge in [0.05, 0.1) is 11.4 Å². The minimum absolute atomic E-state index is 0.549. The smallest absolute Gasteiger partial charge is 0.145 e. The van der Waals surface area contributed by atoms with E-state index in [1.54, 1.807) is 12.4 Å². The second-order valence-electron chi connectivity index (χ2n) is 6.25. The van der Waals surface area contributed by atoms with Gasteiger partial charge in [0.2, 0.25) is 0 Å². The number of halogens is 2. The Bertz CT molecular complexity index is 1030. The quantitative estimate of drug-likeness (QED) is 0.505. The Kier molecular flexibility index (Phi) is 3.75.